The molecule has 37 heavy (non-hydrogen) atoms. The zero-order chi connectivity index (χ0) is 25.8. The molecule has 0 saturated carbocycles. The van der Waals surface area contributed by atoms with Crippen LogP contribution in [0.3, 0.4) is 0 Å². The fraction of sp³-hybridized carbons (Fsp3) is 0.167. The first-order valence-corrected chi connectivity index (χ1v) is 12.0. The van der Waals surface area contributed by atoms with Crippen molar-refractivity contribution in [3.63, 3.8) is 0 Å². The molecule has 0 aliphatic rings. The van der Waals surface area contributed by atoms with Gasteiger partial charge in [0.2, 0.25) is 5.88 Å². The SMILES string of the molecule is COc1cccc(-c2cccc3c(CCCOc4cccc5ccccc45)c(OC(=O)O)[nH]c23)c1OC. The third kappa shape index (κ3) is 4.76. The van der Waals surface area contributed by atoms with Crippen molar-refractivity contribution in [2.24, 2.45) is 0 Å². The van der Waals surface area contributed by atoms with E-state index in [1.165, 1.54) is 0 Å². The predicted octanol–water partition coefficient (Wildman–Crippen LogP) is 7.07. The lowest BCUT2D eigenvalue weighted by molar-refractivity contribution is 0.142. The molecule has 0 unspecified atom stereocenters. The smallest absolute Gasteiger partial charge is 0.493 e. The Hall–Kier alpha value is -4.65. The topological polar surface area (TPSA) is 90.0 Å². The molecule has 2 N–H and O–H groups in total. The van der Waals surface area contributed by atoms with Crippen molar-refractivity contribution in [2.45, 2.75) is 12.8 Å². The number of ether oxygens (including phenoxy) is 4. The van der Waals surface area contributed by atoms with Gasteiger partial charge in [0.05, 0.1) is 26.3 Å². The molecule has 0 atom stereocenters. The highest BCUT2D eigenvalue weighted by atomic mass is 16.7. The summed E-state index contributed by atoms with van der Waals surface area (Å²) in [5, 5.41) is 12.4. The van der Waals surface area contributed by atoms with E-state index in [2.05, 4.69) is 17.1 Å². The number of methoxy groups -OCH3 is 2. The molecule has 0 amide bonds. The number of para-hydroxylation sites is 2. The normalized spacial score (nSPS) is 11.0. The molecule has 1 heterocycles. The average molecular weight is 498 g/mol. The fourth-order valence-corrected chi connectivity index (χ4v) is 4.75. The van der Waals surface area contributed by atoms with Gasteiger partial charge in [0, 0.05) is 27.5 Å². The molecular weight excluding hydrogens is 470 g/mol. The summed E-state index contributed by atoms with van der Waals surface area (Å²) in [6.07, 6.45) is -0.148. The van der Waals surface area contributed by atoms with Crippen molar-refractivity contribution >= 4 is 27.8 Å². The second-order valence-electron chi connectivity index (χ2n) is 8.50. The van der Waals surface area contributed by atoms with Crippen molar-refractivity contribution in [1.29, 1.82) is 0 Å². The molecule has 0 radical (unpaired) electrons. The Morgan fingerprint density at radius 2 is 1.51 bits per heavy atom. The van der Waals surface area contributed by atoms with Gasteiger partial charge in [0.1, 0.15) is 5.75 Å². The lowest BCUT2D eigenvalue weighted by Gasteiger charge is -2.13. The molecule has 7 nitrogen and oxygen atoms in total. The van der Waals surface area contributed by atoms with Gasteiger partial charge in [-0.2, -0.15) is 0 Å². The lowest BCUT2D eigenvalue weighted by Crippen LogP contribution is -2.06. The minimum atomic E-state index is -1.37. The maximum atomic E-state index is 11.5. The minimum absolute atomic E-state index is 0.210. The Kier molecular flexibility index (Phi) is 6.85. The third-order valence-electron chi connectivity index (χ3n) is 6.36. The van der Waals surface area contributed by atoms with E-state index in [4.69, 9.17) is 18.9 Å². The third-order valence-corrected chi connectivity index (χ3v) is 6.36. The van der Waals surface area contributed by atoms with Gasteiger partial charge in [-0.25, -0.2) is 4.79 Å². The highest BCUT2D eigenvalue weighted by Gasteiger charge is 2.20. The van der Waals surface area contributed by atoms with Crippen molar-refractivity contribution in [2.75, 3.05) is 20.8 Å². The molecule has 0 aliphatic heterocycles. The van der Waals surface area contributed by atoms with Crippen LogP contribution in [0.25, 0.3) is 32.8 Å². The van der Waals surface area contributed by atoms with Crippen molar-refractivity contribution in [3.8, 4) is 34.3 Å². The van der Waals surface area contributed by atoms with Crippen LogP contribution in [-0.2, 0) is 6.42 Å². The van der Waals surface area contributed by atoms with E-state index in [1.54, 1.807) is 14.2 Å². The lowest BCUT2D eigenvalue weighted by atomic mass is 9.99. The Bertz CT molecular complexity index is 1570. The molecular formula is C30H27NO6. The van der Waals surface area contributed by atoms with Crippen LogP contribution in [0.4, 0.5) is 4.79 Å². The number of rotatable bonds is 9. The van der Waals surface area contributed by atoms with Gasteiger partial charge in [-0.15, -0.1) is 0 Å². The Morgan fingerprint density at radius 1 is 0.811 bits per heavy atom. The average Bonchev–Trinajstić information content (AvgIpc) is 3.26. The van der Waals surface area contributed by atoms with E-state index in [-0.39, 0.29) is 5.88 Å². The first-order valence-electron chi connectivity index (χ1n) is 12.0. The minimum Gasteiger partial charge on any atom is -0.493 e. The van der Waals surface area contributed by atoms with Crippen molar-refractivity contribution in [3.05, 3.63) is 84.4 Å². The van der Waals surface area contributed by atoms with E-state index < -0.39 is 6.16 Å². The molecule has 0 aliphatic carbocycles. The molecule has 5 rings (SSSR count). The summed E-state index contributed by atoms with van der Waals surface area (Å²) in [6, 6.07) is 25.6. The second kappa shape index (κ2) is 10.5. The van der Waals surface area contributed by atoms with Gasteiger partial charge in [-0.1, -0.05) is 66.7 Å². The van der Waals surface area contributed by atoms with Gasteiger partial charge in [0.25, 0.3) is 0 Å². The summed E-state index contributed by atoms with van der Waals surface area (Å²) in [5.74, 6) is 2.24. The van der Waals surface area contributed by atoms with Gasteiger partial charge in [-0.3, -0.25) is 0 Å². The molecule has 7 heteroatoms. The zero-order valence-corrected chi connectivity index (χ0v) is 20.6. The first-order chi connectivity index (χ1) is 18.1. The van der Waals surface area contributed by atoms with Gasteiger partial charge < -0.3 is 29.0 Å². The van der Waals surface area contributed by atoms with Crippen molar-refractivity contribution < 1.29 is 28.8 Å². The molecule has 1 aromatic heterocycles. The standard InChI is InChI=1S/C30H27NO6/c1-34-26-17-7-14-23(28(26)35-2)21-12-6-13-22-24(29(31-27(21)22)37-30(32)33)15-8-18-36-25-16-5-10-19-9-3-4-11-20(19)25/h3-7,9-14,16-17,31H,8,15,18H2,1-2H3,(H,32,33). The van der Waals surface area contributed by atoms with E-state index >= 15 is 0 Å². The number of H-pyrrole nitrogens is 1. The van der Waals surface area contributed by atoms with Gasteiger partial charge in [0.15, 0.2) is 11.5 Å². The molecule has 188 valence electrons. The number of aromatic amines is 1. The fourth-order valence-electron chi connectivity index (χ4n) is 4.75. The number of fused-ring (bicyclic) bond motifs is 2. The van der Waals surface area contributed by atoms with Gasteiger partial charge in [-0.05, 0) is 30.4 Å². The number of hydrogen-bond acceptors (Lipinski definition) is 5. The molecule has 0 saturated heterocycles. The number of aryl methyl sites for hydroxylation is 1. The molecule has 0 spiro atoms. The number of aromatic nitrogens is 1. The van der Waals surface area contributed by atoms with Crippen LogP contribution in [0.1, 0.15) is 12.0 Å². The van der Waals surface area contributed by atoms with Gasteiger partial charge >= 0.3 is 6.16 Å². The zero-order valence-electron chi connectivity index (χ0n) is 20.6. The summed E-state index contributed by atoms with van der Waals surface area (Å²) in [4.78, 5) is 14.7. The summed E-state index contributed by atoms with van der Waals surface area (Å²) in [5.41, 5.74) is 3.21. The monoisotopic (exact) mass is 497 g/mol. The maximum Gasteiger partial charge on any atom is 0.512 e. The number of carboxylic acid groups (broad SMARTS) is 1. The number of hydrogen-bond donors (Lipinski definition) is 2. The number of benzene rings is 4. The quantitative estimate of drug-likeness (QED) is 0.167. The summed E-state index contributed by atoms with van der Waals surface area (Å²) in [7, 11) is 3.19. The first kappa shape index (κ1) is 24.1. The van der Waals surface area contributed by atoms with Crippen LogP contribution in [0.2, 0.25) is 0 Å². The second-order valence-corrected chi connectivity index (χ2v) is 8.50. The highest BCUT2D eigenvalue weighted by Crippen LogP contribution is 2.42. The Morgan fingerprint density at radius 3 is 2.32 bits per heavy atom. The van der Waals surface area contributed by atoms with E-state index in [0.29, 0.717) is 30.9 Å². The summed E-state index contributed by atoms with van der Waals surface area (Å²) >= 11 is 0. The Balaban J connectivity index is 1.45. The van der Waals surface area contributed by atoms with E-state index in [9.17, 15) is 9.90 Å². The maximum absolute atomic E-state index is 11.5. The van der Waals surface area contributed by atoms with E-state index in [1.807, 2.05) is 66.7 Å². The molecule has 0 fully saturated rings. The molecule has 5 aromatic rings. The van der Waals surface area contributed by atoms with Crippen LogP contribution in [0.5, 0.6) is 23.1 Å². The Labute approximate surface area is 214 Å². The van der Waals surface area contributed by atoms with Crippen LogP contribution >= 0.6 is 0 Å². The van der Waals surface area contributed by atoms with Crippen molar-refractivity contribution in [1.82, 2.24) is 4.98 Å². The number of carbonyl (C=O) groups is 1. The van der Waals surface area contributed by atoms with Crippen LogP contribution in [-0.4, -0.2) is 37.1 Å². The van der Waals surface area contributed by atoms with Crippen LogP contribution in [0, 0.1) is 0 Å². The predicted molar refractivity (Wildman–Crippen MR) is 143 cm³/mol. The van der Waals surface area contributed by atoms with Crippen LogP contribution in [0.15, 0.2) is 78.9 Å². The summed E-state index contributed by atoms with van der Waals surface area (Å²) in [6.45, 7) is 0.469. The molecule has 0 bridgehead atoms. The van der Waals surface area contributed by atoms with Crippen LogP contribution < -0.4 is 18.9 Å². The largest absolute Gasteiger partial charge is 0.512 e. The van der Waals surface area contributed by atoms with E-state index in [0.717, 1.165) is 44.1 Å². The number of nitrogens with one attached hydrogen (secondary N) is 1. The summed E-state index contributed by atoms with van der Waals surface area (Å²) < 4.78 is 22.4. The molecule has 4 aromatic carbocycles. The highest BCUT2D eigenvalue weighted by molar-refractivity contribution is 5.99.